The number of hydrogen-bond acceptors (Lipinski definition) is 5. The molecule has 50 heavy (non-hydrogen) atoms. The summed E-state index contributed by atoms with van der Waals surface area (Å²) in [5.74, 6) is -0.398. The van der Waals surface area contributed by atoms with Gasteiger partial charge in [0.2, 0.25) is 0 Å². The van der Waals surface area contributed by atoms with E-state index in [2.05, 4.69) is 21.3 Å². The second kappa shape index (κ2) is 16.8. The van der Waals surface area contributed by atoms with E-state index in [1.165, 1.54) is 0 Å². The SMILES string of the molecule is Cc1ccc(Oc2ccc(N)c(NC(=O)NCc3c(C)cccc3C)c2)cc1.Cc1cccc(C)c1CNC(=O)Nc1cc(F)cc(F)c1N. The van der Waals surface area contributed by atoms with E-state index >= 15 is 0 Å². The Morgan fingerprint density at radius 2 is 1.10 bits per heavy atom. The molecule has 0 bridgehead atoms. The van der Waals surface area contributed by atoms with Crippen LogP contribution in [0.2, 0.25) is 0 Å². The van der Waals surface area contributed by atoms with Crippen LogP contribution in [-0.2, 0) is 13.1 Å². The number of nitrogen functional groups attached to an aromatic ring is 2. The summed E-state index contributed by atoms with van der Waals surface area (Å²) in [4.78, 5) is 24.2. The van der Waals surface area contributed by atoms with Crippen LogP contribution in [0.25, 0.3) is 0 Å². The van der Waals surface area contributed by atoms with Crippen LogP contribution in [0.15, 0.2) is 91.0 Å². The number of hydrogen-bond donors (Lipinski definition) is 6. The van der Waals surface area contributed by atoms with Gasteiger partial charge in [-0.05, 0) is 98.3 Å². The fourth-order valence-corrected chi connectivity index (χ4v) is 5.06. The van der Waals surface area contributed by atoms with Crippen LogP contribution in [0.4, 0.5) is 41.1 Å². The quantitative estimate of drug-likeness (QED) is 0.0908. The number of halogens is 2. The molecule has 5 aromatic rings. The van der Waals surface area contributed by atoms with Gasteiger partial charge in [0, 0.05) is 25.2 Å². The van der Waals surface area contributed by atoms with Crippen LogP contribution in [0.5, 0.6) is 11.5 Å². The molecule has 0 saturated heterocycles. The largest absolute Gasteiger partial charge is 0.457 e. The summed E-state index contributed by atoms with van der Waals surface area (Å²) >= 11 is 0. The predicted molar refractivity (Wildman–Crippen MR) is 196 cm³/mol. The van der Waals surface area contributed by atoms with Gasteiger partial charge in [-0.3, -0.25) is 0 Å². The van der Waals surface area contributed by atoms with Crippen molar-refractivity contribution in [2.45, 2.75) is 47.7 Å². The van der Waals surface area contributed by atoms with E-state index in [0.29, 0.717) is 36.3 Å². The van der Waals surface area contributed by atoms with Crippen LogP contribution in [0.1, 0.15) is 38.9 Å². The van der Waals surface area contributed by atoms with Gasteiger partial charge >= 0.3 is 12.1 Å². The average Bonchev–Trinajstić information content (AvgIpc) is 3.06. The summed E-state index contributed by atoms with van der Waals surface area (Å²) in [6, 6.07) is 25.6. The van der Waals surface area contributed by atoms with Gasteiger partial charge in [0.25, 0.3) is 0 Å². The minimum Gasteiger partial charge on any atom is -0.457 e. The number of carbonyl (C=O) groups is 2. The zero-order chi connectivity index (χ0) is 36.4. The molecule has 0 aliphatic carbocycles. The van der Waals surface area contributed by atoms with Gasteiger partial charge in [-0.15, -0.1) is 0 Å². The molecule has 0 heterocycles. The van der Waals surface area contributed by atoms with Gasteiger partial charge in [0.1, 0.15) is 17.3 Å². The Hall–Kier alpha value is -6.10. The number of aryl methyl sites for hydroxylation is 5. The molecule has 8 N–H and O–H groups in total. The monoisotopic (exact) mass is 680 g/mol. The first kappa shape index (κ1) is 36.7. The van der Waals surface area contributed by atoms with Crippen molar-refractivity contribution >= 4 is 34.8 Å². The van der Waals surface area contributed by atoms with Crippen LogP contribution >= 0.6 is 0 Å². The molecule has 0 aromatic heterocycles. The molecule has 0 saturated carbocycles. The second-order valence-electron chi connectivity index (χ2n) is 11.9. The number of urea groups is 2. The number of ether oxygens (including phenoxy) is 1. The molecule has 260 valence electrons. The molecule has 0 radical (unpaired) electrons. The fraction of sp³-hybridized carbons (Fsp3) is 0.179. The third kappa shape index (κ3) is 10.2. The number of amides is 4. The zero-order valence-electron chi connectivity index (χ0n) is 28.7. The highest BCUT2D eigenvalue weighted by Gasteiger charge is 2.12. The van der Waals surface area contributed by atoms with E-state index in [-0.39, 0.29) is 17.4 Å². The Bertz CT molecular complexity index is 1940. The Kier molecular flexibility index (Phi) is 12.4. The van der Waals surface area contributed by atoms with Crippen molar-refractivity contribution in [2.75, 3.05) is 22.1 Å². The molecule has 0 aliphatic rings. The number of nitrogens with one attached hydrogen (secondary N) is 4. The lowest BCUT2D eigenvalue weighted by atomic mass is 10.0. The normalized spacial score (nSPS) is 10.4. The Balaban J connectivity index is 0.000000232. The van der Waals surface area contributed by atoms with Crippen LogP contribution in [0.3, 0.4) is 0 Å². The number of rotatable bonds is 8. The molecule has 0 aliphatic heterocycles. The average molecular weight is 681 g/mol. The number of anilines is 4. The van der Waals surface area contributed by atoms with Crippen LogP contribution < -0.4 is 37.5 Å². The first-order valence-corrected chi connectivity index (χ1v) is 15.9. The summed E-state index contributed by atoms with van der Waals surface area (Å²) in [5.41, 5.74) is 19.7. The van der Waals surface area contributed by atoms with Crippen molar-refractivity contribution in [2.24, 2.45) is 0 Å². The second-order valence-corrected chi connectivity index (χ2v) is 11.9. The molecular weight excluding hydrogens is 638 g/mol. The molecule has 9 nitrogen and oxygen atoms in total. The van der Waals surface area contributed by atoms with Crippen molar-refractivity contribution in [3.63, 3.8) is 0 Å². The fourth-order valence-electron chi connectivity index (χ4n) is 5.06. The van der Waals surface area contributed by atoms with Crippen molar-refractivity contribution in [3.05, 3.63) is 142 Å². The third-order valence-corrected chi connectivity index (χ3v) is 8.01. The van der Waals surface area contributed by atoms with Crippen LogP contribution in [-0.4, -0.2) is 12.1 Å². The van der Waals surface area contributed by atoms with E-state index < -0.39 is 17.7 Å². The Morgan fingerprint density at radius 3 is 1.62 bits per heavy atom. The van der Waals surface area contributed by atoms with Crippen molar-refractivity contribution < 1.29 is 23.1 Å². The first-order chi connectivity index (χ1) is 23.8. The molecule has 4 amide bonds. The number of carbonyl (C=O) groups excluding carboxylic acids is 2. The highest BCUT2D eigenvalue weighted by Crippen LogP contribution is 2.29. The summed E-state index contributed by atoms with van der Waals surface area (Å²) in [7, 11) is 0. The van der Waals surface area contributed by atoms with Gasteiger partial charge in [0.15, 0.2) is 5.82 Å². The summed E-state index contributed by atoms with van der Waals surface area (Å²) in [6.45, 7) is 10.7. The third-order valence-electron chi connectivity index (χ3n) is 8.01. The zero-order valence-corrected chi connectivity index (χ0v) is 28.7. The maximum Gasteiger partial charge on any atom is 0.319 e. The van der Waals surface area contributed by atoms with Gasteiger partial charge in [-0.2, -0.15) is 0 Å². The lowest BCUT2D eigenvalue weighted by Gasteiger charge is -2.14. The van der Waals surface area contributed by atoms with E-state index in [1.54, 1.807) is 18.2 Å². The van der Waals surface area contributed by atoms with Gasteiger partial charge in [-0.1, -0.05) is 54.1 Å². The van der Waals surface area contributed by atoms with E-state index in [9.17, 15) is 18.4 Å². The van der Waals surface area contributed by atoms with Crippen molar-refractivity contribution in [1.29, 1.82) is 0 Å². The highest BCUT2D eigenvalue weighted by molar-refractivity contribution is 5.93. The van der Waals surface area contributed by atoms with Crippen molar-refractivity contribution in [3.8, 4) is 11.5 Å². The van der Waals surface area contributed by atoms with Crippen molar-refractivity contribution in [1.82, 2.24) is 10.6 Å². The standard InChI is InChI=1S/C23H25N3O2.C16H17F2N3O/c1-15-7-9-18(10-8-15)28-19-11-12-21(24)22(13-19)26-23(27)25-14-20-16(2)5-4-6-17(20)3;1-9-4-3-5-10(2)12(9)8-20-16(22)21-14-7-11(17)6-13(18)15(14)19/h4-13H,14,24H2,1-3H3,(H2,25,26,27);3-7H,8,19H2,1-2H3,(H2,20,21,22). The summed E-state index contributed by atoms with van der Waals surface area (Å²) in [5, 5.41) is 10.7. The van der Waals surface area contributed by atoms with Gasteiger partial charge < -0.3 is 37.5 Å². The molecule has 11 heteroatoms. The van der Waals surface area contributed by atoms with Crippen LogP contribution in [0, 0.1) is 46.3 Å². The Labute approximate surface area is 291 Å². The smallest absolute Gasteiger partial charge is 0.319 e. The summed E-state index contributed by atoms with van der Waals surface area (Å²) < 4.78 is 32.3. The lowest BCUT2D eigenvalue weighted by molar-refractivity contribution is 0.251. The minimum atomic E-state index is -0.912. The molecule has 0 spiro atoms. The summed E-state index contributed by atoms with van der Waals surface area (Å²) in [6.07, 6.45) is 0. The maximum absolute atomic E-state index is 13.3. The van der Waals surface area contributed by atoms with Gasteiger partial charge in [0.05, 0.1) is 22.7 Å². The number of benzene rings is 5. The van der Waals surface area contributed by atoms with E-state index in [0.717, 1.165) is 50.8 Å². The molecule has 0 unspecified atom stereocenters. The minimum absolute atomic E-state index is 0.100. The Morgan fingerprint density at radius 1 is 0.620 bits per heavy atom. The predicted octanol–water partition coefficient (Wildman–Crippen LogP) is 8.79. The van der Waals surface area contributed by atoms with E-state index in [4.69, 9.17) is 16.2 Å². The molecular formula is C39H42F2N6O3. The first-order valence-electron chi connectivity index (χ1n) is 15.9. The molecule has 5 aromatic carbocycles. The van der Waals surface area contributed by atoms with Gasteiger partial charge in [-0.25, -0.2) is 18.4 Å². The topological polar surface area (TPSA) is 144 Å². The van der Waals surface area contributed by atoms with E-state index in [1.807, 2.05) is 95.3 Å². The lowest BCUT2D eigenvalue weighted by Crippen LogP contribution is -2.29. The molecule has 0 atom stereocenters. The molecule has 5 rings (SSSR count). The number of nitrogens with two attached hydrogens (primary N) is 2. The maximum atomic E-state index is 13.3. The highest BCUT2D eigenvalue weighted by atomic mass is 19.1. The molecule has 0 fully saturated rings.